The molecule has 0 atom stereocenters. The Bertz CT molecular complexity index is 5050. The van der Waals surface area contributed by atoms with Crippen LogP contribution in [0.25, 0.3) is 37.7 Å². The molecule has 0 aliphatic rings. The molecule has 41 heteroatoms. The van der Waals surface area contributed by atoms with Crippen molar-refractivity contribution in [1.29, 1.82) is 5.26 Å². The van der Waals surface area contributed by atoms with Gasteiger partial charge in [0.15, 0.2) is 11.3 Å². The molecule has 0 radical (unpaired) electrons. The van der Waals surface area contributed by atoms with E-state index in [1.165, 1.54) is 23.5 Å². The molecule has 1 amide bonds. The molecule has 0 saturated carbocycles. The molecule has 0 saturated heterocycles. The maximum Gasteiger partial charge on any atom is 0.296 e. The molecule has 0 unspecified atom stereocenters. The van der Waals surface area contributed by atoms with Gasteiger partial charge < -0.3 is 19.9 Å². The molecule has 3 heterocycles. The van der Waals surface area contributed by atoms with E-state index in [0.717, 1.165) is 36.9 Å². The monoisotopic (exact) mass is 1370 g/mol. The number of pyridine rings is 1. The number of thiazole rings is 1. The van der Waals surface area contributed by atoms with Gasteiger partial charge in [0.05, 0.1) is 56.8 Å². The zero-order valence-corrected chi connectivity index (χ0v) is 51.2. The van der Waals surface area contributed by atoms with E-state index < -0.39 is 139 Å². The van der Waals surface area contributed by atoms with Crippen LogP contribution < -0.4 is 14.8 Å². The highest BCUT2D eigenvalue weighted by Crippen LogP contribution is 2.47. The van der Waals surface area contributed by atoms with Gasteiger partial charge >= 0.3 is 0 Å². The number of aromatic nitrogens is 3. The maximum absolute atomic E-state index is 12.7. The van der Waals surface area contributed by atoms with E-state index in [2.05, 4.69) is 52.0 Å². The van der Waals surface area contributed by atoms with E-state index >= 15 is 0 Å². The molecular formula is C47H43N11O22S8. The summed E-state index contributed by atoms with van der Waals surface area (Å²) >= 11 is 1.33. The molecule has 8 N–H and O–H groups in total. The van der Waals surface area contributed by atoms with Crippen molar-refractivity contribution in [3.8, 4) is 23.4 Å². The molecule has 0 aliphatic heterocycles. The fraction of sp³-hybridized carbons (Fsp3) is 0.234. The van der Waals surface area contributed by atoms with Crippen LogP contribution in [-0.4, -0.2) is 139 Å². The largest absolute Gasteiger partial charge is 0.493 e. The van der Waals surface area contributed by atoms with Crippen molar-refractivity contribution in [3.63, 3.8) is 0 Å². The van der Waals surface area contributed by atoms with Crippen molar-refractivity contribution in [2.75, 3.05) is 41.5 Å². The Hall–Kier alpha value is -7.83. The molecule has 3 aromatic heterocycles. The lowest BCUT2D eigenvalue weighted by Crippen LogP contribution is -2.09. The maximum atomic E-state index is 12.7. The van der Waals surface area contributed by atoms with Gasteiger partial charge in [-0.15, -0.1) is 42.4 Å². The van der Waals surface area contributed by atoms with Crippen molar-refractivity contribution in [2.45, 2.75) is 52.7 Å². The lowest BCUT2D eigenvalue weighted by atomic mass is 10.1. The molecule has 5 aromatic carbocycles. The van der Waals surface area contributed by atoms with Crippen LogP contribution >= 0.6 is 23.1 Å². The molecule has 466 valence electrons. The van der Waals surface area contributed by atoms with Crippen molar-refractivity contribution in [2.24, 2.45) is 30.7 Å². The van der Waals surface area contributed by atoms with Crippen molar-refractivity contribution in [3.05, 3.63) is 77.9 Å². The SMILES string of the molecule is CC(=O)Nc1cc(N=Nc2cc(OCCCS(=O)(=O)O)c(N=Nc3c(C)c(C#N)c4nc5ccccc5n4c3O)cc2OCCCS(=O)(=O)O)c(SCCCS(=O)(=O)O)cc1N=Nc1nc2c(S(=O)(=O)O)cc3c(S(=O)(=O)O)cc(S(=O)(=O)O)cc3c2s1. The van der Waals surface area contributed by atoms with Crippen LogP contribution in [0.3, 0.4) is 0 Å². The first-order chi connectivity index (χ1) is 41.0. The first kappa shape index (κ1) is 66.1. The Balaban J connectivity index is 1.28. The van der Waals surface area contributed by atoms with Gasteiger partial charge in [-0.3, -0.25) is 36.5 Å². The van der Waals surface area contributed by atoms with Crippen molar-refractivity contribution < 1.29 is 97.2 Å². The number of azo groups is 3. The zero-order chi connectivity index (χ0) is 64.5. The highest BCUT2D eigenvalue weighted by Gasteiger charge is 2.28. The van der Waals surface area contributed by atoms with Crippen LogP contribution in [-0.2, 0) is 65.5 Å². The van der Waals surface area contributed by atoms with Crippen LogP contribution in [0.2, 0.25) is 0 Å². The number of thioether (sulfide) groups is 1. The first-order valence-electron chi connectivity index (χ1n) is 24.5. The summed E-state index contributed by atoms with van der Waals surface area (Å²) in [5.74, 6) is -4.07. The predicted molar refractivity (Wildman–Crippen MR) is 315 cm³/mol. The van der Waals surface area contributed by atoms with E-state index in [-0.39, 0.29) is 97.0 Å². The summed E-state index contributed by atoms with van der Waals surface area (Å²) in [6.07, 6.45) is -0.805. The predicted octanol–water partition coefficient (Wildman–Crippen LogP) is 8.76. The number of nitrogens with zero attached hydrogens (tertiary/aromatic N) is 10. The number of rotatable bonds is 25. The van der Waals surface area contributed by atoms with Crippen LogP contribution in [0.15, 0.2) is 117 Å². The number of benzene rings is 5. The minimum Gasteiger partial charge on any atom is -0.493 e. The second-order valence-corrected chi connectivity index (χ2v) is 29.4. The third-order valence-corrected chi connectivity index (χ3v) is 19.1. The van der Waals surface area contributed by atoms with Gasteiger partial charge in [-0.05, 0) is 74.4 Å². The Morgan fingerprint density at radius 2 is 1.24 bits per heavy atom. The van der Waals surface area contributed by atoms with E-state index in [1.54, 1.807) is 24.3 Å². The third kappa shape index (κ3) is 16.1. The van der Waals surface area contributed by atoms with E-state index in [4.69, 9.17) is 9.47 Å². The Labute approximate surface area is 506 Å². The quantitative estimate of drug-likeness (QED) is 0.0115. The van der Waals surface area contributed by atoms with Gasteiger partial charge in [0, 0.05) is 40.3 Å². The van der Waals surface area contributed by atoms with E-state index in [0.29, 0.717) is 34.5 Å². The number of carbonyl (C=O) groups excluding carboxylic acids is 1. The molecule has 0 fully saturated rings. The molecule has 0 aliphatic carbocycles. The summed E-state index contributed by atoms with van der Waals surface area (Å²) in [5.41, 5.74) is -0.874. The number of imidazole rings is 1. The van der Waals surface area contributed by atoms with Crippen molar-refractivity contribution in [1.82, 2.24) is 14.4 Å². The standard InChI is InChI=1S/C47H43N11O22S8/c1-24-29(23-48)45-50-30-8-3-4-9-36(30)58(45)46(60)42(24)56-54-34-21-37(79-10-5-13-83(61,62)63)33(20-38(34)80-11-6-14-84(64,65)66)53-55-35-19-31(49-25(2)59)32(22-39(35)81-12-7-15-85(67,68)69)52-57-47-51-43-41(88(76,77)78)18-27-28(44(43)82-47)16-26(86(70,71)72)17-40(27)87(73,74)75/h3-4,8-9,16-22,60H,5-7,10-15H2,1-2H3,(H,49,59)(H,61,62,63)(H,64,65,66)(H,67,68,69)(H,70,71,72)(H,73,74,75)(H,76,77,78). The minimum absolute atomic E-state index is 0.0122. The highest BCUT2D eigenvalue weighted by atomic mass is 32.2. The average Bonchev–Trinajstić information content (AvgIpc) is 1.75. The number of anilines is 1. The lowest BCUT2D eigenvalue weighted by molar-refractivity contribution is -0.114. The number of hydrogen-bond donors (Lipinski definition) is 8. The van der Waals surface area contributed by atoms with Crippen LogP contribution in [0.1, 0.15) is 37.3 Å². The first-order valence-corrected chi connectivity index (χ1v) is 35.4. The second kappa shape index (κ2) is 25.7. The van der Waals surface area contributed by atoms with Gasteiger partial charge in [-0.1, -0.05) is 23.5 Å². The van der Waals surface area contributed by atoms with Gasteiger partial charge in [0.25, 0.3) is 60.7 Å². The van der Waals surface area contributed by atoms with Crippen LogP contribution in [0.5, 0.6) is 17.4 Å². The Kier molecular flexibility index (Phi) is 19.3. The summed E-state index contributed by atoms with van der Waals surface area (Å²) in [4.78, 5) is 18.1. The average molecular weight is 1370 g/mol. The fourth-order valence-electron chi connectivity index (χ4n) is 8.25. The Morgan fingerprint density at radius 3 is 1.81 bits per heavy atom. The summed E-state index contributed by atoms with van der Waals surface area (Å²) in [5, 5.41) is 48.4. The number of aromatic hydroxyl groups is 1. The molecule has 0 bridgehead atoms. The summed E-state index contributed by atoms with van der Waals surface area (Å²) in [6, 6.07) is 15.1. The highest BCUT2D eigenvalue weighted by molar-refractivity contribution is 7.99. The molecule has 33 nitrogen and oxygen atoms in total. The molecule has 8 aromatic rings. The summed E-state index contributed by atoms with van der Waals surface area (Å²) in [6.45, 7) is 1.69. The van der Waals surface area contributed by atoms with E-state index in [1.807, 2.05) is 0 Å². The van der Waals surface area contributed by atoms with Gasteiger partial charge in [0.1, 0.15) is 61.2 Å². The number of nitriles is 1. The van der Waals surface area contributed by atoms with Gasteiger partial charge in [0.2, 0.25) is 16.9 Å². The fourth-order valence-corrected chi connectivity index (χ4v) is 13.8. The zero-order valence-electron chi connectivity index (χ0n) is 44.7. The topological polar surface area (TPSA) is 522 Å². The number of nitrogens with one attached hydrogen (secondary N) is 1. The molecule has 0 spiro atoms. The molecular weight excluding hydrogens is 1330 g/mol. The molecule has 88 heavy (non-hydrogen) atoms. The molecule has 8 rings (SSSR count). The summed E-state index contributed by atoms with van der Waals surface area (Å²) in [7, 11) is -29.4. The number of hydrogen-bond acceptors (Lipinski definition) is 27. The number of para-hydroxylation sites is 2. The van der Waals surface area contributed by atoms with Gasteiger partial charge in [-0.2, -0.15) is 55.8 Å². The smallest absolute Gasteiger partial charge is 0.296 e. The van der Waals surface area contributed by atoms with Crippen LogP contribution in [0.4, 0.5) is 39.3 Å². The minimum atomic E-state index is -5.38. The van der Waals surface area contributed by atoms with Gasteiger partial charge in [-0.25, -0.2) is 9.97 Å². The normalized spacial score (nSPS) is 13.0. The summed E-state index contributed by atoms with van der Waals surface area (Å²) < 4.78 is 216. The van der Waals surface area contributed by atoms with E-state index in [9.17, 15) is 93.0 Å². The second-order valence-electron chi connectivity index (χ2n) is 18.4. The number of amides is 1. The third-order valence-electron chi connectivity index (χ3n) is 12.0. The number of fused-ring (bicyclic) bond motifs is 6. The van der Waals surface area contributed by atoms with Crippen molar-refractivity contribution >= 4 is 167 Å². The Morgan fingerprint density at radius 1 is 0.670 bits per heavy atom. The lowest BCUT2D eigenvalue weighted by Gasteiger charge is -2.14. The van der Waals surface area contributed by atoms with Crippen LogP contribution in [0, 0.1) is 18.3 Å². The number of ether oxygens (including phenoxy) is 2. The number of carbonyl (C=O) groups is 1.